The van der Waals surface area contributed by atoms with E-state index in [4.69, 9.17) is 21.7 Å². The van der Waals surface area contributed by atoms with Crippen LogP contribution in [-0.4, -0.2) is 22.0 Å². The van der Waals surface area contributed by atoms with Crippen LogP contribution in [0.15, 0.2) is 59.5 Å². The quantitative estimate of drug-likeness (QED) is 0.210. The maximum atomic E-state index is 13.2. The molecular formula is C24H21IN2O3S2. The molecule has 4 rings (SSSR count). The largest absolute Gasteiger partial charge is 0.493 e. The number of carbonyl (C=O) groups is 1. The highest BCUT2D eigenvalue weighted by Crippen LogP contribution is 2.37. The van der Waals surface area contributed by atoms with E-state index in [1.807, 2.05) is 79.2 Å². The van der Waals surface area contributed by atoms with E-state index in [-0.39, 0.29) is 5.91 Å². The number of nitrogens with zero attached hydrogens (tertiary/aromatic N) is 2. The number of hydrogen-bond acceptors (Lipinski definition) is 5. The van der Waals surface area contributed by atoms with Crippen LogP contribution in [0.3, 0.4) is 0 Å². The van der Waals surface area contributed by atoms with Crippen LogP contribution in [0.2, 0.25) is 0 Å². The molecule has 32 heavy (non-hydrogen) atoms. The molecule has 8 heteroatoms. The second-order valence-corrected chi connectivity index (χ2v) is 10.1. The van der Waals surface area contributed by atoms with E-state index in [0.717, 1.165) is 26.1 Å². The van der Waals surface area contributed by atoms with Crippen molar-refractivity contribution in [2.24, 2.45) is 0 Å². The van der Waals surface area contributed by atoms with Crippen molar-refractivity contribution in [2.45, 2.75) is 20.5 Å². The number of ether oxygens (including phenoxy) is 2. The summed E-state index contributed by atoms with van der Waals surface area (Å²) in [5, 5.41) is 1.55. The van der Waals surface area contributed by atoms with Crippen LogP contribution in [0.5, 0.6) is 11.5 Å². The van der Waals surface area contributed by atoms with Gasteiger partial charge in [-0.25, -0.2) is 0 Å². The van der Waals surface area contributed by atoms with Crippen molar-refractivity contribution in [3.8, 4) is 11.5 Å². The number of halogens is 1. The first-order chi connectivity index (χ1) is 15.4. The van der Waals surface area contributed by atoms with Crippen LogP contribution in [0.25, 0.3) is 6.08 Å². The summed E-state index contributed by atoms with van der Waals surface area (Å²) in [6, 6.07) is 17.8. The minimum Gasteiger partial charge on any atom is -0.493 e. The number of thiocarbonyl (C=S) groups is 1. The highest BCUT2D eigenvalue weighted by atomic mass is 127. The van der Waals surface area contributed by atoms with Gasteiger partial charge in [0.25, 0.3) is 5.91 Å². The molecule has 0 spiro atoms. The Morgan fingerprint density at radius 3 is 2.44 bits per heavy atom. The maximum Gasteiger partial charge on any atom is 0.285 e. The van der Waals surface area contributed by atoms with E-state index in [9.17, 15) is 4.79 Å². The van der Waals surface area contributed by atoms with Gasteiger partial charge in [-0.3, -0.25) is 9.47 Å². The van der Waals surface area contributed by atoms with Crippen molar-refractivity contribution in [1.82, 2.24) is 4.68 Å². The molecule has 2 heterocycles. The summed E-state index contributed by atoms with van der Waals surface area (Å²) in [4.78, 5) is 13.7. The lowest BCUT2D eigenvalue weighted by Crippen LogP contribution is -2.39. The molecule has 0 unspecified atom stereocenters. The highest BCUT2D eigenvalue weighted by molar-refractivity contribution is 14.1. The van der Waals surface area contributed by atoms with Gasteiger partial charge in [-0.05, 0) is 90.1 Å². The topological polar surface area (TPSA) is 43.7 Å². The van der Waals surface area contributed by atoms with Crippen LogP contribution in [0, 0.1) is 17.4 Å². The SMILES string of the molecule is COc1cc(/C=C2/SC(=S)N(n3c(C)ccc3C)C2=O)cc(I)c1OCc1ccccc1. The Labute approximate surface area is 210 Å². The fourth-order valence-corrected chi connectivity index (χ4v) is 5.48. The first-order valence-corrected chi connectivity index (χ1v) is 12.2. The zero-order valence-electron chi connectivity index (χ0n) is 17.8. The molecule has 0 N–H and O–H groups in total. The van der Waals surface area contributed by atoms with Gasteiger partial charge in [0.2, 0.25) is 0 Å². The number of rotatable bonds is 6. The van der Waals surface area contributed by atoms with Crippen molar-refractivity contribution >= 4 is 62.9 Å². The molecule has 1 aliphatic rings. The molecule has 164 valence electrons. The highest BCUT2D eigenvalue weighted by Gasteiger charge is 2.34. The molecule has 0 aliphatic carbocycles. The number of aromatic nitrogens is 1. The minimum absolute atomic E-state index is 0.138. The van der Waals surface area contributed by atoms with Gasteiger partial charge in [-0.1, -0.05) is 42.1 Å². The maximum absolute atomic E-state index is 13.2. The molecule has 1 amide bonds. The smallest absolute Gasteiger partial charge is 0.285 e. The first-order valence-electron chi connectivity index (χ1n) is 9.86. The Morgan fingerprint density at radius 2 is 1.78 bits per heavy atom. The molecular weight excluding hydrogens is 555 g/mol. The van der Waals surface area contributed by atoms with Crippen LogP contribution in [0.4, 0.5) is 0 Å². The summed E-state index contributed by atoms with van der Waals surface area (Å²) in [7, 11) is 1.61. The van der Waals surface area contributed by atoms with Crippen LogP contribution >= 0.6 is 46.6 Å². The Balaban J connectivity index is 1.61. The Bertz CT molecular complexity index is 1200. The van der Waals surface area contributed by atoms with Gasteiger partial charge in [0.05, 0.1) is 15.6 Å². The van der Waals surface area contributed by atoms with Crippen molar-refractivity contribution in [1.29, 1.82) is 0 Å². The van der Waals surface area contributed by atoms with E-state index in [0.29, 0.717) is 27.3 Å². The number of amides is 1. The van der Waals surface area contributed by atoms with Gasteiger partial charge >= 0.3 is 0 Å². The number of thioether (sulfide) groups is 1. The van der Waals surface area contributed by atoms with Gasteiger partial charge < -0.3 is 9.47 Å². The zero-order chi connectivity index (χ0) is 22.8. The summed E-state index contributed by atoms with van der Waals surface area (Å²) >= 11 is 9.04. The zero-order valence-corrected chi connectivity index (χ0v) is 21.6. The lowest BCUT2D eigenvalue weighted by molar-refractivity contribution is -0.114. The molecule has 2 aromatic carbocycles. The molecule has 0 saturated carbocycles. The molecule has 0 radical (unpaired) electrons. The standard InChI is InChI=1S/C24H21IN2O3S2/c1-15-9-10-16(2)26(15)27-23(28)21(32-24(27)31)13-18-11-19(25)22(20(12-18)29-3)30-14-17-7-5-4-6-8-17/h4-13H,14H2,1-3H3/b21-13+. The molecule has 3 aromatic rings. The first kappa shape index (κ1) is 22.9. The average Bonchev–Trinajstić information content (AvgIpc) is 3.24. The number of hydrogen-bond donors (Lipinski definition) is 0. The van der Waals surface area contributed by atoms with E-state index in [1.54, 1.807) is 12.1 Å². The van der Waals surface area contributed by atoms with Crippen LogP contribution in [0.1, 0.15) is 22.5 Å². The van der Waals surface area contributed by atoms with E-state index >= 15 is 0 Å². The Morgan fingerprint density at radius 1 is 1.09 bits per heavy atom. The lowest BCUT2D eigenvalue weighted by atomic mass is 10.2. The van der Waals surface area contributed by atoms with Gasteiger partial charge in [0, 0.05) is 11.4 Å². The third-order valence-corrected chi connectivity index (χ3v) is 7.07. The van der Waals surface area contributed by atoms with Gasteiger partial charge in [0.1, 0.15) is 6.61 Å². The van der Waals surface area contributed by atoms with Gasteiger partial charge in [-0.2, -0.15) is 5.01 Å². The number of carbonyl (C=O) groups excluding carboxylic acids is 1. The predicted molar refractivity (Wildman–Crippen MR) is 142 cm³/mol. The van der Waals surface area contributed by atoms with E-state index in [1.165, 1.54) is 11.8 Å². The summed E-state index contributed by atoms with van der Waals surface area (Å²) in [5.74, 6) is 1.16. The second kappa shape index (κ2) is 9.68. The fourth-order valence-electron chi connectivity index (χ4n) is 3.45. The van der Waals surface area contributed by atoms with Crippen LogP contribution in [-0.2, 0) is 11.4 Å². The van der Waals surface area contributed by atoms with Crippen molar-refractivity contribution in [2.75, 3.05) is 12.1 Å². The Kier molecular flexibility index (Phi) is 6.92. The lowest BCUT2D eigenvalue weighted by Gasteiger charge is -2.20. The third-order valence-electron chi connectivity index (χ3n) is 4.98. The minimum atomic E-state index is -0.138. The average molecular weight is 576 g/mol. The second-order valence-electron chi connectivity index (χ2n) is 7.23. The molecule has 1 saturated heterocycles. The van der Waals surface area contributed by atoms with Gasteiger partial charge in [0.15, 0.2) is 15.8 Å². The fraction of sp³-hybridized carbons (Fsp3) is 0.167. The molecule has 1 aromatic heterocycles. The Hall–Kier alpha value is -2.30. The summed E-state index contributed by atoms with van der Waals surface area (Å²) in [6.45, 7) is 4.36. The number of methoxy groups -OCH3 is 1. The van der Waals surface area contributed by atoms with E-state index in [2.05, 4.69) is 22.6 Å². The van der Waals surface area contributed by atoms with Crippen molar-refractivity contribution < 1.29 is 14.3 Å². The van der Waals surface area contributed by atoms with Crippen LogP contribution < -0.4 is 14.5 Å². The monoisotopic (exact) mass is 576 g/mol. The molecule has 5 nitrogen and oxygen atoms in total. The van der Waals surface area contributed by atoms with E-state index < -0.39 is 0 Å². The predicted octanol–water partition coefficient (Wildman–Crippen LogP) is 5.83. The summed E-state index contributed by atoms with van der Waals surface area (Å²) < 4.78 is 14.9. The molecule has 0 bridgehead atoms. The number of aryl methyl sites for hydroxylation is 2. The summed E-state index contributed by atoms with van der Waals surface area (Å²) in [6.07, 6.45) is 1.85. The molecule has 0 atom stereocenters. The summed E-state index contributed by atoms with van der Waals surface area (Å²) in [5.41, 5.74) is 3.83. The third kappa shape index (κ3) is 4.57. The van der Waals surface area contributed by atoms with Gasteiger partial charge in [-0.15, -0.1) is 0 Å². The van der Waals surface area contributed by atoms with Crippen molar-refractivity contribution in [3.05, 3.63) is 85.6 Å². The number of benzene rings is 2. The van der Waals surface area contributed by atoms with Crippen molar-refractivity contribution in [3.63, 3.8) is 0 Å². The molecule has 1 fully saturated rings. The molecule has 1 aliphatic heterocycles. The normalized spacial score (nSPS) is 15.0.